The fourth-order valence-electron chi connectivity index (χ4n) is 2.96. The first kappa shape index (κ1) is 19.5. The minimum atomic E-state index is 0.168. The van der Waals surface area contributed by atoms with Crippen molar-refractivity contribution in [3.63, 3.8) is 0 Å². The van der Waals surface area contributed by atoms with Crippen LogP contribution >= 0.6 is 0 Å². The quantitative estimate of drug-likeness (QED) is 0.693. The Morgan fingerprint density at radius 2 is 1.96 bits per heavy atom. The first-order valence-electron chi connectivity index (χ1n) is 9.38. The van der Waals surface area contributed by atoms with Gasteiger partial charge in [-0.1, -0.05) is 6.92 Å². The molecule has 0 bridgehead atoms. The summed E-state index contributed by atoms with van der Waals surface area (Å²) < 4.78 is 6.13. The highest BCUT2D eigenvalue weighted by Gasteiger charge is 2.21. The van der Waals surface area contributed by atoms with Crippen LogP contribution in [0, 0.1) is 6.92 Å². The molecule has 1 fully saturated rings. The van der Waals surface area contributed by atoms with Crippen molar-refractivity contribution in [3.05, 3.63) is 30.3 Å². The molecule has 1 aromatic rings. The molecule has 0 aromatic carbocycles. The van der Waals surface area contributed by atoms with Crippen molar-refractivity contribution in [2.45, 2.75) is 52.7 Å². The van der Waals surface area contributed by atoms with Crippen LogP contribution in [0.3, 0.4) is 0 Å². The van der Waals surface area contributed by atoms with Crippen LogP contribution in [0.25, 0.3) is 0 Å². The van der Waals surface area contributed by atoms with Crippen molar-refractivity contribution in [1.82, 2.24) is 20.0 Å². The molecule has 1 unspecified atom stereocenters. The van der Waals surface area contributed by atoms with E-state index in [9.17, 15) is 0 Å². The van der Waals surface area contributed by atoms with Crippen LogP contribution in [0.15, 0.2) is 24.6 Å². The second kappa shape index (κ2) is 9.61. The summed E-state index contributed by atoms with van der Waals surface area (Å²) in [5.41, 5.74) is 0.925. The molecule has 1 N–H and O–H groups in total. The average Bonchev–Trinajstić information content (AvgIpc) is 2.62. The molecule has 6 heteroatoms. The van der Waals surface area contributed by atoms with Gasteiger partial charge in [-0.3, -0.25) is 4.90 Å². The average molecular weight is 348 g/mol. The topological polar surface area (TPSA) is 53.5 Å². The molecular weight excluding hydrogens is 314 g/mol. The summed E-state index contributed by atoms with van der Waals surface area (Å²) in [4.78, 5) is 4.76. The van der Waals surface area contributed by atoms with Crippen LogP contribution in [-0.2, 0) is 4.74 Å². The number of nitrogens with one attached hydrogen (secondary N) is 1. The molecule has 2 rings (SSSR count). The lowest BCUT2D eigenvalue weighted by Crippen LogP contribution is -2.48. The number of rotatable bonds is 9. The van der Waals surface area contributed by atoms with Crippen LogP contribution < -0.4 is 5.32 Å². The third-order valence-electron chi connectivity index (χ3n) is 4.73. The van der Waals surface area contributed by atoms with E-state index in [2.05, 4.69) is 52.7 Å². The molecule has 0 amide bonds. The Hall–Kier alpha value is -1.82. The largest absolute Gasteiger partial charge is 0.476 e. The number of aryl methyl sites for hydroxylation is 1. The van der Waals surface area contributed by atoms with Crippen LogP contribution in [0.4, 0.5) is 5.82 Å². The Labute approximate surface area is 152 Å². The van der Waals surface area contributed by atoms with Gasteiger partial charge in [0.25, 0.3) is 0 Å². The maximum Gasteiger partial charge on any atom is 0.182 e. The smallest absolute Gasteiger partial charge is 0.182 e. The molecule has 0 spiro atoms. The van der Waals surface area contributed by atoms with Gasteiger partial charge in [-0.2, -0.15) is 5.10 Å². The second-order valence-corrected chi connectivity index (χ2v) is 6.93. The number of anilines is 1. The molecule has 1 aliphatic heterocycles. The van der Waals surface area contributed by atoms with E-state index in [-0.39, 0.29) is 6.10 Å². The lowest BCUT2D eigenvalue weighted by atomic mass is 10.2. The van der Waals surface area contributed by atoms with E-state index in [1.54, 1.807) is 0 Å². The van der Waals surface area contributed by atoms with Gasteiger partial charge in [-0.05, 0) is 45.9 Å². The van der Waals surface area contributed by atoms with Crippen LogP contribution in [0.5, 0.6) is 0 Å². The van der Waals surface area contributed by atoms with Crippen LogP contribution in [0.1, 0.15) is 39.3 Å². The van der Waals surface area contributed by atoms with E-state index < -0.39 is 0 Å². The molecule has 1 aromatic heterocycles. The molecule has 140 valence electrons. The number of nitrogens with zero attached hydrogens (tertiary/aromatic N) is 4. The highest BCUT2D eigenvalue weighted by Crippen LogP contribution is 2.16. The SMILES string of the molecule is C=C(OC(CC)CCNc1ccc(C)nn1)N1CCN(C(C)C)CC1. The summed E-state index contributed by atoms with van der Waals surface area (Å²) in [5, 5.41) is 11.5. The van der Waals surface area contributed by atoms with Crippen molar-refractivity contribution in [2.75, 3.05) is 38.0 Å². The normalized spacial score (nSPS) is 16.8. The zero-order valence-electron chi connectivity index (χ0n) is 16.2. The minimum Gasteiger partial charge on any atom is -0.476 e. The number of piperazine rings is 1. The van der Waals surface area contributed by atoms with Gasteiger partial charge in [0.2, 0.25) is 0 Å². The van der Waals surface area contributed by atoms with Crippen LogP contribution in [-0.4, -0.2) is 64.9 Å². The van der Waals surface area contributed by atoms with Gasteiger partial charge < -0.3 is 15.0 Å². The first-order chi connectivity index (χ1) is 12.0. The maximum atomic E-state index is 6.13. The van der Waals surface area contributed by atoms with E-state index >= 15 is 0 Å². The van der Waals surface area contributed by atoms with Gasteiger partial charge in [-0.15, -0.1) is 5.10 Å². The molecule has 1 saturated heterocycles. The molecule has 6 nitrogen and oxygen atoms in total. The van der Waals surface area contributed by atoms with E-state index in [1.165, 1.54) is 0 Å². The molecule has 1 atom stereocenters. The van der Waals surface area contributed by atoms with Gasteiger partial charge in [0.1, 0.15) is 11.9 Å². The summed E-state index contributed by atoms with van der Waals surface area (Å²) >= 11 is 0. The van der Waals surface area contributed by atoms with E-state index in [1.807, 2.05) is 19.1 Å². The summed E-state index contributed by atoms with van der Waals surface area (Å²) in [6, 6.07) is 4.52. The van der Waals surface area contributed by atoms with Gasteiger partial charge in [0.15, 0.2) is 5.88 Å². The van der Waals surface area contributed by atoms with Crippen molar-refractivity contribution < 1.29 is 4.74 Å². The Bertz CT molecular complexity index is 523. The summed E-state index contributed by atoms with van der Waals surface area (Å²) in [6.07, 6.45) is 2.05. The Morgan fingerprint density at radius 1 is 1.24 bits per heavy atom. The number of aromatic nitrogens is 2. The predicted octanol–water partition coefficient (Wildman–Crippen LogP) is 2.88. The van der Waals surface area contributed by atoms with E-state index in [0.29, 0.717) is 6.04 Å². The van der Waals surface area contributed by atoms with E-state index in [0.717, 1.165) is 63.0 Å². The highest BCUT2D eigenvalue weighted by molar-refractivity contribution is 5.32. The fraction of sp³-hybridized carbons (Fsp3) is 0.684. The van der Waals surface area contributed by atoms with Gasteiger partial charge >= 0.3 is 0 Å². The van der Waals surface area contributed by atoms with Gasteiger partial charge in [0.05, 0.1) is 5.69 Å². The third kappa shape index (κ3) is 6.20. The summed E-state index contributed by atoms with van der Waals surface area (Å²) in [7, 11) is 0. The Kier molecular flexibility index (Phi) is 7.50. The van der Waals surface area contributed by atoms with Crippen molar-refractivity contribution in [2.24, 2.45) is 0 Å². The zero-order chi connectivity index (χ0) is 18.2. The Morgan fingerprint density at radius 3 is 2.52 bits per heavy atom. The molecule has 25 heavy (non-hydrogen) atoms. The second-order valence-electron chi connectivity index (χ2n) is 6.93. The first-order valence-corrected chi connectivity index (χ1v) is 9.38. The van der Waals surface area contributed by atoms with E-state index in [4.69, 9.17) is 4.74 Å². The third-order valence-corrected chi connectivity index (χ3v) is 4.73. The number of hydrogen-bond acceptors (Lipinski definition) is 6. The fourth-order valence-corrected chi connectivity index (χ4v) is 2.96. The minimum absolute atomic E-state index is 0.168. The molecular formula is C19H33N5O. The highest BCUT2D eigenvalue weighted by atomic mass is 16.5. The maximum absolute atomic E-state index is 6.13. The Balaban J connectivity index is 1.71. The van der Waals surface area contributed by atoms with Gasteiger partial charge in [-0.25, -0.2) is 0 Å². The molecule has 0 aliphatic carbocycles. The standard InChI is InChI=1S/C19H33N5O/c1-6-18(9-10-20-19-8-7-16(4)21-22-19)25-17(5)24-13-11-23(12-14-24)15(2)3/h7-8,15,18H,5-6,9-14H2,1-4H3,(H,20,22). The lowest BCUT2D eigenvalue weighted by molar-refractivity contribution is 0.0214. The number of hydrogen-bond donors (Lipinski definition) is 1. The van der Waals surface area contributed by atoms with Crippen molar-refractivity contribution >= 4 is 5.82 Å². The summed E-state index contributed by atoms with van der Waals surface area (Å²) in [6.45, 7) is 17.7. The molecule has 0 saturated carbocycles. The monoisotopic (exact) mass is 347 g/mol. The lowest BCUT2D eigenvalue weighted by Gasteiger charge is -2.39. The summed E-state index contributed by atoms with van der Waals surface area (Å²) in [5.74, 6) is 1.62. The number of ether oxygens (including phenoxy) is 1. The van der Waals surface area contributed by atoms with Crippen molar-refractivity contribution in [3.8, 4) is 0 Å². The molecule has 2 heterocycles. The predicted molar refractivity (Wildman–Crippen MR) is 102 cm³/mol. The molecule has 0 radical (unpaired) electrons. The molecule has 1 aliphatic rings. The van der Waals surface area contributed by atoms with Crippen LogP contribution in [0.2, 0.25) is 0 Å². The van der Waals surface area contributed by atoms with Gasteiger partial charge in [0, 0.05) is 45.2 Å². The van der Waals surface area contributed by atoms with Crippen molar-refractivity contribution in [1.29, 1.82) is 0 Å². The zero-order valence-corrected chi connectivity index (χ0v) is 16.2.